The highest BCUT2D eigenvalue weighted by Gasteiger charge is 2.26. The molecule has 3 rings (SSSR count). The van der Waals surface area contributed by atoms with E-state index in [2.05, 4.69) is 4.40 Å². The molecule has 80 valence electrons. The second kappa shape index (κ2) is 3.38. The Balaban J connectivity index is 2.09. The maximum atomic E-state index is 10.9. The number of amidine groups is 1. The van der Waals surface area contributed by atoms with Crippen LogP contribution >= 0.6 is 11.9 Å². The number of carboxylic acids is 1. The zero-order valence-corrected chi connectivity index (χ0v) is 9.07. The molecule has 0 fully saturated rings. The van der Waals surface area contributed by atoms with Crippen LogP contribution in [0.25, 0.3) is 0 Å². The summed E-state index contributed by atoms with van der Waals surface area (Å²) in [5.74, 6) is 0.0737. The van der Waals surface area contributed by atoms with Gasteiger partial charge in [-0.05, 0) is 23.8 Å². The number of fused-ring (bicyclic) bond motifs is 3. The molecule has 0 radical (unpaired) electrons. The molecule has 1 N–H and O–H groups in total. The second-order valence-electron chi connectivity index (χ2n) is 3.59. The van der Waals surface area contributed by atoms with Gasteiger partial charge in [0.2, 0.25) is 0 Å². The van der Waals surface area contributed by atoms with Crippen LogP contribution in [0.3, 0.4) is 0 Å². The normalized spacial score (nSPS) is 16.8. The molecule has 16 heavy (non-hydrogen) atoms. The number of carbonyl (C=O) groups is 1. The van der Waals surface area contributed by atoms with Gasteiger partial charge >= 0.3 is 5.97 Å². The molecule has 0 unspecified atom stereocenters. The lowest BCUT2D eigenvalue weighted by molar-refractivity contribution is 0.0697. The molecule has 2 aliphatic rings. The summed E-state index contributed by atoms with van der Waals surface area (Å²) < 4.78 is 4.31. The van der Waals surface area contributed by atoms with Gasteiger partial charge in [-0.1, -0.05) is 0 Å². The molecule has 0 aliphatic carbocycles. The first kappa shape index (κ1) is 9.47. The Morgan fingerprint density at radius 1 is 1.50 bits per heavy atom. The predicted molar refractivity (Wildman–Crippen MR) is 63.8 cm³/mol. The maximum absolute atomic E-state index is 10.9. The molecule has 0 aromatic heterocycles. The average molecular weight is 232 g/mol. The summed E-state index contributed by atoms with van der Waals surface area (Å²) in [4.78, 5) is 12.9. The van der Waals surface area contributed by atoms with Gasteiger partial charge in [0, 0.05) is 30.0 Å². The van der Waals surface area contributed by atoms with Crippen LogP contribution in [0.5, 0.6) is 0 Å². The van der Waals surface area contributed by atoms with Crippen molar-refractivity contribution in [3.05, 3.63) is 40.9 Å². The topological polar surface area (TPSA) is 52.9 Å². The number of hydrogen-bond donors (Lipinski definition) is 1. The molecule has 1 aromatic carbocycles. The van der Waals surface area contributed by atoms with Gasteiger partial charge in [0.05, 0.1) is 11.3 Å². The van der Waals surface area contributed by atoms with E-state index in [1.807, 2.05) is 22.6 Å². The molecule has 0 saturated heterocycles. The van der Waals surface area contributed by atoms with Crippen molar-refractivity contribution in [2.75, 3.05) is 4.90 Å². The van der Waals surface area contributed by atoms with Gasteiger partial charge in [0.15, 0.2) is 0 Å². The van der Waals surface area contributed by atoms with E-state index in [9.17, 15) is 4.79 Å². The Morgan fingerprint density at radius 3 is 3.19 bits per heavy atom. The second-order valence-corrected chi connectivity index (χ2v) is 4.26. The van der Waals surface area contributed by atoms with E-state index in [4.69, 9.17) is 5.11 Å². The third kappa shape index (κ3) is 1.32. The van der Waals surface area contributed by atoms with Crippen LogP contribution in [0.15, 0.2) is 34.2 Å². The largest absolute Gasteiger partial charge is 0.478 e. The van der Waals surface area contributed by atoms with Crippen LogP contribution in [0, 0.1) is 0 Å². The van der Waals surface area contributed by atoms with Crippen LogP contribution in [-0.4, -0.2) is 16.9 Å². The molecule has 1 aromatic rings. The molecule has 5 heteroatoms. The molecule has 2 heterocycles. The lowest BCUT2D eigenvalue weighted by atomic mass is 10.1. The molecule has 4 nitrogen and oxygen atoms in total. The number of rotatable bonds is 1. The van der Waals surface area contributed by atoms with E-state index in [1.165, 1.54) is 11.9 Å². The first-order valence-electron chi connectivity index (χ1n) is 4.80. The minimum atomic E-state index is -0.889. The molecule has 0 saturated carbocycles. The molecule has 0 amide bonds. The summed E-state index contributed by atoms with van der Waals surface area (Å²) in [7, 11) is 0. The number of nitrogens with zero attached hydrogens (tertiary/aromatic N) is 2. The fraction of sp³-hybridized carbons (Fsp3) is 0.0909. The highest BCUT2D eigenvalue weighted by molar-refractivity contribution is 8.01. The van der Waals surface area contributed by atoms with Gasteiger partial charge in [0.1, 0.15) is 5.84 Å². The van der Waals surface area contributed by atoms with Gasteiger partial charge in [-0.2, -0.15) is 4.40 Å². The van der Waals surface area contributed by atoms with Crippen LogP contribution in [0.1, 0.15) is 15.9 Å². The number of carboxylic acid groups (broad SMARTS) is 1. The van der Waals surface area contributed by atoms with Crippen molar-refractivity contribution in [2.24, 2.45) is 4.40 Å². The Hall–Kier alpha value is -1.75. The molecule has 2 aliphatic heterocycles. The standard InChI is InChI=1S/C11H8N2O2S/c14-11(15)7-1-2-9-8(5-7)6-10-12-16-4-3-13(9)10/h1-5H,6H2,(H,14,15). The minimum Gasteiger partial charge on any atom is -0.478 e. The average Bonchev–Trinajstić information content (AvgIpc) is 2.66. The third-order valence-electron chi connectivity index (χ3n) is 2.64. The highest BCUT2D eigenvalue weighted by Crippen LogP contribution is 2.33. The van der Waals surface area contributed by atoms with E-state index >= 15 is 0 Å². The van der Waals surface area contributed by atoms with Crippen molar-refractivity contribution in [1.29, 1.82) is 0 Å². The summed E-state index contributed by atoms with van der Waals surface area (Å²) in [6, 6.07) is 5.18. The lowest BCUT2D eigenvalue weighted by Gasteiger charge is -2.17. The predicted octanol–water partition coefficient (Wildman–Crippen LogP) is 2.28. The van der Waals surface area contributed by atoms with Crippen molar-refractivity contribution >= 4 is 29.4 Å². The van der Waals surface area contributed by atoms with Gasteiger partial charge < -0.3 is 10.0 Å². The molecular formula is C11H8N2O2S. The monoisotopic (exact) mass is 232 g/mol. The smallest absolute Gasteiger partial charge is 0.335 e. The summed E-state index contributed by atoms with van der Waals surface area (Å²) in [5, 5.41) is 10.8. The van der Waals surface area contributed by atoms with Crippen LogP contribution < -0.4 is 4.90 Å². The molecule has 0 atom stereocenters. The minimum absolute atomic E-state index is 0.329. The van der Waals surface area contributed by atoms with Crippen LogP contribution in [-0.2, 0) is 6.42 Å². The van der Waals surface area contributed by atoms with Crippen molar-refractivity contribution in [1.82, 2.24) is 0 Å². The molecule has 0 spiro atoms. The van der Waals surface area contributed by atoms with Crippen LogP contribution in [0.2, 0.25) is 0 Å². The summed E-state index contributed by atoms with van der Waals surface area (Å²) in [5.41, 5.74) is 2.38. The Morgan fingerprint density at radius 2 is 2.38 bits per heavy atom. The summed E-state index contributed by atoms with van der Waals surface area (Å²) in [6.07, 6.45) is 2.66. The Kier molecular flexibility index (Phi) is 2.00. The first-order valence-corrected chi connectivity index (χ1v) is 5.64. The van der Waals surface area contributed by atoms with Gasteiger partial charge in [0.25, 0.3) is 0 Å². The molecular weight excluding hydrogens is 224 g/mol. The van der Waals surface area contributed by atoms with E-state index in [0.717, 1.165) is 17.1 Å². The third-order valence-corrected chi connectivity index (χ3v) is 3.20. The zero-order valence-electron chi connectivity index (χ0n) is 8.25. The van der Waals surface area contributed by atoms with E-state index in [1.54, 1.807) is 12.1 Å². The summed E-state index contributed by atoms with van der Waals surface area (Å²) >= 11 is 1.40. The van der Waals surface area contributed by atoms with Crippen molar-refractivity contribution in [2.45, 2.75) is 6.42 Å². The number of anilines is 1. The quantitative estimate of drug-likeness (QED) is 0.755. The van der Waals surface area contributed by atoms with Gasteiger partial charge in [-0.3, -0.25) is 0 Å². The Bertz CT molecular complexity index is 537. The summed E-state index contributed by atoms with van der Waals surface area (Å²) in [6.45, 7) is 0. The number of hydrogen-bond acceptors (Lipinski definition) is 4. The van der Waals surface area contributed by atoms with Crippen molar-refractivity contribution in [3.63, 3.8) is 0 Å². The fourth-order valence-corrected chi connectivity index (χ4v) is 2.42. The Labute approximate surface area is 96.4 Å². The first-order chi connectivity index (χ1) is 7.75. The zero-order chi connectivity index (χ0) is 11.1. The highest BCUT2D eigenvalue weighted by atomic mass is 32.2. The fourth-order valence-electron chi connectivity index (χ4n) is 1.91. The van der Waals surface area contributed by atoms with Gasteiger partial charge in [-0.15, -0.1) is 0 Å². The van der Waals surface area contributed by atoms with Crippen molar-refractivity contribution in [3.8, 4) is 0 Å². The van der Waals surface area contributed by atoms with Crippen molar-refractivity contribution < 1.29 is 9.90 Å². The van der Waals surface area contributed by atoms with E-state index < -0.39 is 5.97 Å². The lowest BCUT2D eigenvalue weighted by Crippen LogP contribution is -2.21. The van der Waals surface area contributed by atoms with E-state index in [-0.39, 0.29) is 0 Å². The number of benzene rings is 1. The van der Waals surface area contributed by atoms with Gasteiger partial charge in [-0.25, -0.2) is 4.79 Å². The van der Waals surface area contributed by atoms with Crippen LogP contribution in [0.4, 0.5) is 5.69 Å². The molecule has 0 bridgehead atoms. The maximum Gasteiger partial charge on any atom is 0.335 e. The van der Waals surface area contributed by atoms with E-state index in [0.29, 0.717) is 12.0 Å². The number of aromatic carboxylic acids is 1. The SMILES string of the molecule is O=C(O)c1ccc2c(c1)CC1=NSC=CN12.